The van der Waals surface area contributed by atoms with E-state index in [0.29, 0.717) is 19.4 Å². The lowest BCUT2D eigenvalue weighted by atomic mass is 10.0. The van der Waals surface area contributed by atoms with Crippen LogP contribution < -0.4 is 0 Å². The van der Waals surface area contributed by atoms with Crippen molar-refractivity contribution in [3.8, 4) is 0 Å². The molecule has 2 heteroatoms. The molecule has 139 valence electrons. The van der Waals surface area contributed by atoms with Gasteiger partial charge in [-0.3, -0.25) is 0 Å². The standard InChI is InChI=1S/C21H43O2/c1-4-7-9-11-12-13-15-17-20-23-21(22,18-6-3)19-16-14-10-8-5-2/h4-20H2,1-3H3. The minimum Gasteiger partial charge on any atom is -0.347 e. The monoisotopic (exact) mass is 327 g/mol. The van der Waals surface area contributed by atoms with Crippen LogP contribution in [0.3, 0.4) is 0 Å². The summed E-state index contributed by atoms with van der Waals surface area (Å²) in [6.45, 7) is 7.23. The molecule has 0 aromatic carbocycles. The second kappa shape index (κ2) is 16.8. The summed E-state index contributed by atoms with van der Waals surface area (Å²) in [4.78, 5) is 0. The first-order chi connectivity index (χ1) is 11.2. The first kappa shape index (κ1) is 22.9. The van der Waals surface area contributed by atoms with Crippen molar-refractivity contribution >= 4 is 0 Å². The van der Waals surface area contributed by atoms with Gasteiger partial charge in [-0.05, 0) is 12.8 Å². The van der Waals surface area contributed by atoms with Gasteiger partial charge in [-0.25, -0.2) is 0 Å². The van der Waals surface area contributed by atoms with E-state index in [1.54, 1.807) is 0 Å². The summed E-state index contributed by atoms with van der Waals surface area (Å²) < 4.78 is 5.77. The highest BCUT2D eigenvalue weighted by Crippen LogP contribution is 2.24. The first-order valence-electron chi connectivity index (χ1n) is 10.5. The topological polar surface area (TPSA) is 29.1 Å². The normalized spacial score (nSPS) is 14.1. The molecule has 2 nitrogen and oxygen atoms in total. The fourth-order valence-corrected chi connectivity index (χ4v) is 3.14. The molecule has 1 atom stereocenters. The number of unbranched alkanes of at least 4 members (excludes halogenated alkanes) is 11. The van der Waals surface area contributed by atoms with Crippen LogP contribution in [0.25, 0.3) is 0 Å². The zero-order valence-electron chi connectivity index (χ0n) is 16.3. The summed E-state index contributed by atoms with van der Waals surface area (Å²) in [5.41, 5.74) is 0. The molecular formula is C21H43O2. The summed E-state index contributed by atoms with van der Waals surface area (Å²) in [7, 11) is 0. The van der Waals surface area contributed by atoms with Crippen molar-refractivity contribution in [1.29, 1.82) is 0 Å². The lowest BCUT2D eigenvalue weighted by Crippen LogP contribution is -2.31. The van der Waals surface area contributed by atoms with E-state index in [2.05, 4.69) is 20.8 Å². The van der Waals surface area contributed by atoms with Crippen molar-refractivity contribution in [2.24, 2.45) is 0 Å². The van der Waals surface area contributed by atoms with E-state index >= 15 is 0 Å². The van der Waals surface area contributed by atoms with Crippen LogP contribution in [0.2, 0.25) is 0 Å². The van der Waals surface area contributed by atoms with Crippen molar-refractivity contribution in [3.63, 3.8) is 0 Å². The molecule has 0 spiro atoms. The van der Waals surface area contributed by atoms with Gasteiger partial charge in [-0.15, -0.1) is 0 Å². The van der Waals surface area contributed by atoms with E-state index in [1.807, 2.05) is 0 Å². The van der Waals surface area contributed by atoms with Crippen molar-refractivity contribution in [2.75, 3.05) is 6.61 Å². The van der Waals surface area contributed by atoms with E-state index in [9.17, 15) is 5.11 Å². The molecule has 23 heavy (non-hydrogen) atoms. The van der Waals surface area contributed by atoms with E-state index < -0.39 is 5.79 Å². The lowest BCUT2D eigenvalue weighted by Gasteiger charge is -2.25. The summed E-state index contributed by atoms with van der Waals surface area (Å²) in [5.74, 6) is -1.11. The van der Waals surface area contributed by atoms with Crippen LogP contribution in [0.15, 0.2) is 0 Å². The van der Waals surface area contributed by atoms with E-state index in [0.717, 1.165) is 19.3 Å². The fraction of sp³-hybridized carbons (Fsp3) is 1.00. The quantitative estimate of drug-likeness (QED) is 0.190. The van der Waals surface area contributed by atoms with Gasteiger partial charge in [0.25, 0.3) is 0 Å². The molecule has 1 radical (unpaired) electrons. The Morgan fingerprint density at radius 3 is 1.57 bits per heavy atom. The first-order valence-corrected chi connectivity index (χ1v) is 10.5. The van der Waals surface area contributed by atoms with E-state index in [1.165, 1.54) is 70.6 Å². The van der Waals surface area contributed by atoms with Gasteiger partial charge in [-0.1, -0.05) is 97.8 Å². The van der Waals surface area contributed by atoms with Crippen LogP contribution in [0.4, 0.5) is 0 Å². The zero-order chi connectivity index (χ0) is 17.2. The molecule has 0 aliphatic heterocycles. The summed E-state index contributed by atoms with van der Waals surface area (Å²) >= 11 is 0. The molecule has 0 aliphatic carbocycles. The second-order valence-corrected chi connectivity index (χ2v) is 7.15. The molecule has 0 N–H and O–H groups in total. The SMILES string of the molecule is CCCCCCCCCCOC([O])(CCC)CCCCCCC. The van der Waals surface area contributed by atoms with Gasteiger partial charge in [-0.2, -0.15) is 5.11 Å². The van der Waals surface area contributed by atoms with Crippen LogP contribution >= 0.6 is 0 Å². The average molecular weight is 328 g/mol. The molecule has 0 aromatic heterocycles. The molecule has 1 unspecified atom stereocenters. The van der Waals surface area contributed by atoms with Gasteiger partial charge < -0.3 is 4.74 Å². The molecule has 0 saturated heterocycles. The third kappa shape index (κ3) is 15.2. The lowest BCUT2D eigenvalue weighted by molar-refractivity contribution is -0.249. The molecular weight excluding hydrogens is 284 g/mol. The van der Waals surface area contributed by atoms with E-state index in [-0.39, 0.29) is 0 Å². The third-order valence-corrected chi connectivity index (χ3v) is 4.66. The Bertz CT molecular complexity index is 230. The summed E-state index contributed by atoms with van der Waals surface area (Å²) in [6.07, 6.45) is 18.6. The number of rotatable bonds is 18. The second-order valence-electron chi connectivity index (χ2n) is 7.15. The Morgan fingerprint density at radius 2 is 1.04 bits per heavy atom. The Hall–Kier alpha value is -0.0800. The van der Waals surface area contributed by atoms with Gasteiger partial charge in [0.15, 0.2) is 0 Å². The van der Waals surface area contributed by atoms with Gasteiger partial charge in [0.2, 0.25) is 5.79 Å². The summed E-state index contributed by atoms with van der Waals surface area (Å²) in [5, 5.41) is 12.7. The number of ether oxygens (including phenoxy) is 1. The smallest absolute Gasteiger partial charge is 0.201 e. The third-order valence-electron chi connectivity index (χ3n) is 4.66. The largest absolute Gasteiger partial charge is 0.347 e. The number of hydrogen-bond donors (Lipinski definition) is 0. The molecule has 0 rings (SSSR count). The Kier molecular flexibility index (Phi) is 16.7. The Labute approximate surface area is 146 Å². The van der Waals surface area contributed by atoms with Crippen molar-refractivity contribution in [1.82, 2.24) is 0 Å². The van der Waals surface area contributed by atoms with E-state index in [4.69, 9.17) is 4.74 Å². The molecule has 0 bridgehead atoms. The van der Waals surface area contributed by atoms with Crippen LogP contribution in [0.1, 0.15) is 124 Å². The molecule has 0 aromatic rings. The number of hydrogen-bond acceptors (Lipinski definition) is 1. The van der Waals surface area contributed by atoms with Crippen molar-refractivity contribution in [3.05, 3.63) is 0 Å². The highest BCUT2D eigenvalue weighted by atomic mass is 16.6. The Morgan fingerprint density at radius 1 is 0.565 bits per heavy atom. The zero-order valence-corrected chi connectivity index (χ0v) is 16.3. The van der Waals surface area contributed by atoms with Crippen molar-refractivity contribution in [2.45, 2.75) is 129 Å². The van der Waals surface area contributed by atoms with Crippen LogP contribution in [0.5, 0.6) is 0 Å². The summed E-state index contributed by atoms with van der Waals surface area (Å²) in [6, 6.07) is 0. The highest BCUT2D eigenvalue weighted by molar-refractivity contribution is 4.67. The highest BCUT2D eigenvalue weighted by Gasteiger charge is 2.28. The van der Waals surface area contributed by atoms with Crippen LogP contribution in [-0.4, -0.2) is 12.4 Å². The van der Waals surface area contributed by atoms with Gasteiger partial charge >= 0.3 is 0 Å². The maximum Gasteiger partial charge on any atom is 0.201 e. The minimum absolute atomic E-state index is 0.660. The molecule has 0 saturated carbocycles. The average Bonchev–Trinajstić information content (AvgIpc) is 2.53. The molecule has 0 fully saturated rings. The maximum atomic E-state index is 12.7. The maximum absolute atomic E-state index is 12.7. The van der Waals surface area contributed by atoms with Crippen molar-refractivity contribution < 1.29 is 9.84 Å². The van der Waals surface area contributed by atoms with Crippen LogP contribution in [0, 0.1) is 0 Å². The predicted octanol–water partition coefficient (Wildman–Crippen LogP) is 7.43. The van der Waals surface area contributed by atoms with Gasteiger partial charge in [0.05, 0.1) is 6.61 Å². The fourth-order valence-electron chi connectivity index (χ4n) is 3.14. The molecule has 0 amide bonds. The van der Waals surface area contributed by atoms with Gasteiger partial charge in [0, 0.05) is 12.8 Å². The van der Waals surface area contributed by atoms with Gasteiger partial charge in [0.1, 0.15) is 0 Å². The Balaban J connectivity index is 3.64. The molecule has 0 aliphatic rings. The molecule has 0 heterocycles. The van der Waals surface area contributed by atoms with Crippen LogP contribution in [-0.2, 0) is 9.84 Å². The predicted molar refractivity (Wildman–Crippen MR) is 100 cm³/mol. The minimum atomic E-state index is -1.11.